The van der Waals surface area contributed by atoms with Gasteiger partial charge in [-0.15, -0.1) is 0 Å². The maximum Gasteiger partial charge on any atom is 0.344 e. The van der Waals surface area contributed by atoms with Crippen LogP contribution < -0.4 is 14.4 Å². The van der Waals surface area contributed by atoms with Gasteiger partial charge in [0.15, 0.2) is 24.7 Å². The van der Waals surface area contributed by atoms with Crippen LogP contribution in [0.4, 0.5) is 5.69 Å². The van der Waals surface area contributed by atoms with E-state index >= 15 is 0 Å². The molecular weight excluding hydrogens is 390 g/mol. The minimum atomic E-state index is -0.727. The molecule has 0 unspecified atom stereocenters. The second-order valence-corrected chi connectivity index (χ2v) is 6.22. The van der Waals surface area contributed by atoms with Crippen LogP contribution in [0.15, 0.2) is 48.5 Å². The average molecular weight is 415 g/mol. The summed E-state index contributed by atoms with van der Waals surface area (Å²) in [5.41, 5.74) is 1.47. The molecule has 0 saturated heterocycles. The Morgan fingerprint density at radius 1 is 0.900 bits per heavy atom. The number of esters is 2. The van der Waals surface area contributed by atoms with Crippen molar-refractivity contribution in [2.75, 3.05) is 38.4 Å². The first-order valence-electron chi connectivity index (χ1n) is 9.38. The van der Waals surface area contributed by atoms with Crippen molar-refractivity contribution in [2.45, 2.75) is 13.8 Å². The monoisotopic (exact) mass is 415 g/mol. The van der Waals surface area contributed by atoms with Gasteiger partial charge in [-0.3, -0.25) is 14.5 Å². The van der Waals surface area contributed by atoms with Crippen molar-refractivity contribution in [3.05, 3.63) is 54.1 Å². The molecule has 0 fully saturated rings. The smallest absolute Gasteiger partial charge is 0.344 e. The molecule has 0 heterocycles. The summed E-state index contributed by atoms with van der Waals surface area (Å²) >= 11 is 0. The third-order valence-electron chi connectivity index (χ3n) is 3.98. The van der Waals surface area contributed by atoms with Gasteiger partial charge in [0.25, 0.3) is 5.91 Å². The summed E-state index contributed by atoms with van der Waals surface area (Å²) in [6.45, 7) is 2.56. The van der Waals surface area contributed by atoms with Crippen molar-refractivity contribution >= 4 is 23.5 Å². The topological polar surface area (TPSA) is 91.4 Å². The van der Waals surface area contributed by atoms with E-state index in [1.807, 2.05) is 13.0 Å². The molecule has 0 aliphatic heterocycles. The van der Waals surface area contributed by atoms with Crippen LogP contribution >= 0.6 is 0 Å². The molecule has 0 aliphatic rings. The number of hydrogen-bond acceptors (Lipinski definition) is 7. The van der Waals surface area contributed by atoms with E-state index in [9.17, 15) is 14.4 Å². The molecule has 0 bridgehead atoms. The number of rotatable bonds is 10. The van der Waals surface area contributed by atoms with E-state index in [2.05, 4.69) is 0 Å². The molecule has 30 heavy (non-hydrogen) atoms. The van der Waals surface area contributed by atoms with Crippen LogP contribution in [0.3, 0.4) is 0 Å². The van der Waals surface area contributed by atoms with Crippen molar-refractivity contribution in [2.24, 2.45) is 0 Å². The number of ether oxygens (including phenoxy) is 4. The fraction of sp³-hybridized carbons (Fsp3) is 0.318. The molecule has 1 amide bonds. The van der Waals surface area contributed by atoms with Gasteiger partial charge in [0.2, 0.25) is 0 Å². The van der Waals surface area contributed by atoms with Crippen LogP contribution in [0.5, 0.6) is 11.5 Å². The van der Waals surface area contributed by atoms with E-state index in [4.69, 9.17) is 18.9 Å². The van der Waals surface area contributed by atoms with Gasteiger partial charge < -0.3 is 18.9 Å². The number of methoxy groups -OCH3 is 1. The van der Waals surface area contributed by atoms with Gasteiger partial charge in [0.1, 0.15) is 6.54 Å². The Morgan fingerprint density at radius 3 is 2.30 bits per heavy atom. The zero-order valence-corrected chi connectivity index (χ0v) is 17.3. The highest BCUT2D eigenvalue weighted by Gasteiger charge is 2.21. The molecule has 2 rings (SSSR count). The van der Waals surface area contributed by atoms with E-state index in [0.717, 1.165) is 5.56 Å². The van der Waals surface area contributed by atoms with E-state index in [0.29, 0.717) is 17.2 Å². The van der Waals surface area contributed by atoms with E-state index < -0.39 is 31.1 Å². The van der Waals surface area contributed by atoms with Crippen molar-refractivity contribution in [1.29, 1.82) is 0 Å². The summed E-state index contributed by atoms with van der Waals surface area (Å²) in [6, 6.07) is 13.9. The number of benzene rings is 2. The molecule has 2 aromatic rings. The number of hydrogen-bond donors (Lipinski definition) is 0. The lowest BCUT2D eigenvalue weighted by Gasteiger charge is -2.21. The third-order valence-corrected chi connectivity index (χ3v) is 3.98. The summed E-state index contributed by atoms with van der Waals surface area (Å²) in [6.07, 6.45) is 0. The van der Waals surface area contributed by atoms with Crippen LogP contribution in [0.2, 0.25) is 0 Å². The van der Waals surface area contributed by atoms with Crippen molar-refractivity contribution in [3.8, 4) is 11.5 Å². The highest BCUT2D eigenvalue weighted by molar-refractivity contribution is 5.99. The summed E-state index contributed by atoms with van der Waals surface area (Å²) < 4.78 is 20.6. The van der Waals surface area contributed by atoms with Crippen LogP contribution in [-0.2, 0) is 23.9 Å². The molecule has 0 spiro atoms. The van der Waals surface area contributed by atoms with Crippen LogP contribution in [0.1, 0.15) is 12.5 Å². The molecule has 0 radical (unpaired) electrons. The SMILES string of the molecule is CCOC(=O)CN(C(=O)COC(=O)COc1ccc(C)cc1OC)c1ccccc1. The Bertz CT molecular complexity index is 867. The number of aryl methyl sites for hydroxylation is 1. The maximum atomic E-state index is 12.6. The number of carbonyl (C=O) groups excluding carboxylic acids is 3. The number of nitrogens with zero attached hydrogens (tertiary/aromatic N) is 1. The number of anilines is 1. The van der Waals surface area contributed by atoms with Crippen molar-refractivity contribution < 1.29 is 33.3 Å². The van der Waals surface area contributed by atoms with Crippen LogP contribution in [0, 0.1) is 6.92 Å². The lowest BCUT2D eigenvalue weighted by molar-refractivity contribution is -0.150. The average Bonchev–Trinajstić information content (AvgIpc) is 2.75. The van der Waals surface area contributed by atoms with Crippen LogP contribution in [0.25, 0.3) is 0 Å². The van der Waals surface area contributed by atoms with Gasteiger partial charge in [-0.25, -0.2) is 4.79 Å². The fourth-order valence-electron chi connectivity index (χ4n) is 2.56. The molecule has 2 aromatic carbocycles. The minimum Gasteiger partial charge on any atom is -0.493 e. The van der Waals surface area contributed by atoms with Crippen molar-refractivity contribution in [1.82, 2.24) is 0 Å². The van der Waals surface area contributed by atoms with Crippen molar-refractivity contribution in [3.63, 3.8) is 0 Å². The van der Waals surface area contributed by atoms with Gasteiger partial charge in [0.05, 0.1) is 13.7 Å². The van der Waals surface area contributed by atoms with E-state index in [1.54, 1.807) is 49.4 Å². The molecule has 160 valence electrons. The minimum absolute atomic E-state index is 0.199. The molecule has 0 aromatic heterocycles. The summed E-state index contributed by atoms with van der Waals surface area (Å²) in [5.74, 6) is -0.968. The Hall–Kier alpha value is -3.55. The predicted octanol–water partition coefficient (Wildman–Crippen LogP) is 2.52. The second kappa shape index (κ2) is 11.5. The molecule has 0 saturated carbocycles. The highest BCUT2D eigenvalue weighted by Crippen LogP contribution is 2.27. The highest BCUT2D eigenvalue weighted by atomic mass is 16.6. The van der Waals surface area contributed by atoms with Gasteiger partial charge in [-0.1, -0.05) is 24.3 Å². The first-order valence-corrected chi connectivity index (χ1v) is 9.38. The van der Waals surface area contributed by atoms with E-state index in [-0.39, 0.29) is 13.2 Å². The molecule has 8 heteroatoms. The Kier molecular flexibility index (Phi) is 8.68. The quantitative estimate of drug-likeness (QED) is 0.551. The first-order chi connectivity index (χ1) is 14.4. The largest absolute Gasteiger partial charge is 0.493 e. The second-order valence-electron chi connectivity index (χ2n) is 6.22. The van der Waals surface area contributed by atoms with Gasteiger partial charge in [-0.05, 0) is 43.7 Å². The summed E-state index contributed by atoms with van der Waals surface area (Å²) in [5, 5.41) is 0. The number of para-hydroxylation sites is 1. The number of amides is 1. The molecule has 0 atom stereocenters. The third kappa shape index (κ3) is 6.80. The van der Waals surface area contributed by atoms with Crippen LogP contribution in [-0.4, -0.2) is 51.3 Å². The normalized spacial score (nSPS) is 10.1. The van der Waals surface area contributed by atoms with Gasteiger partial charge in [0, 0.05) is 5.69 Å². The predicted molar refractivity (Wildman–Crippen MR) is 110 cm³/mol. The molecule has 8 nitrogen and oxygen atoms in total. The number of carbonyl (C=O) groups is 3. The Labute approximate surface area is 175 Å². The molecular formula is C22H25NO7. The Morgan fingerprint density at radius 2 is 1.63 bits per heavy atom. The fourth-order valence-corrected chi connectivity index (χ4v) is 2.56. The Balaban J connectivity index is 1.94. The standard InChI is InChI=1S/C22H25NO7/c1-4-28-21(25)13-23(17-8-6-5-7-9-17)20(24)14-30-22(26)15-29-18-11-10-16(2)12-19(18)27-3/h5-12H,4,13-15H2,1-3H3. The zero-order valence-electron chi connectivity index (χ0n) is 17.3. The van der Waals surface area contributed by atoms with E-state index in [1.165, 1.54) is 12.0 Å². The lowest BCUT2D eigenvalue weighted by atomic mass is 10.2. The lowest BCUT2D eigenvalue weighted by Crippen LogP contribution is -2.39. The van der Waals surface area contributed by atoms with Gasteiger partial charge >= 0.3 is 11.9 Å². The van der Waals surface area contributed by atoms with Gasteiger partial charge in [-0.2, -0.15) is 0 Å². The first kappa shape index (κ1) is 22.7. The molecule has 0 N–H and O–H groups in total. The summed E-state index contributed by atoms with van der Waals surface area (Å²) in [7, 11) is 1.50. The maximum absolute atomic E-state index is 12.6. The summed E-state index contributed by atoms with van der Waals surface area (Å²) in [4.78, 5) is 37.7. The molecule has 0 aliphatic carbocycles. The zero-order chi connectivity index (χ0) is 21.9.